The number of hydrogen-bond acceptors (Lipinski definition) is 5. The van der Waals surface area contributed by atoms with Gasteiger partial charge in [-0.1, -0.05) is 12.1 Å². The number of carbonyl (C=O) groups excluding carboxylic acids is 1. The van der Waals surface area contributed by atoms with Crippen LogP contribution in [0.4, 0.5) is 0 Å². The van der Waals surface area contributed by atoms with Crippen LogP contribution in [0.1, 0.15) is 22.0 Å². The lowest BCUT2D eigenvalue weighted by molar-refractivity contribution is -0.0227. The molecule has 6 nitrogen and oxygen atoms in total. The van der Waals surface area contributed by atoms with Crippen molar-refractivity contribution in [1.29, 1.82) is 0 Å². The molecule has 1 unspecified atom stereocenters. The third kappa shape index (κ3) is 2.23. The predicted octanol–water partition coefficient (Wildman–Crippen LogP) is -1.06. The van der Waals surface area contributed by atoms with Crippen molar-refractivity contribution in [3.05, 3.63) is 35.4 Å². The van der Waals surface area contributed by atoms with Crippen molar-refractivity contribution >= 4 is 5.91 Å². The fourth-order valence-electron chi connectivity index (χ4n) is 2.04. The van der Waals surface area contributed by atoms with Crippen LogP contribution in [0.15, 0.2) is 24.3 Å². The van der Waals surface area contributed by atoms with Gasteiger partial charge >= 0.3 is 0 Å². The van der Waals surface area contributed by atoms with Gasteiger partial charge in [-0.05, 0) is 17.7 Å². The highest BCUT2D eigenvalue weighted by molar-refractivity contribution is 5.92. The van der Waals surface area contributed by atoms with E-state index in [2.05, 4.69) is 0 Å². The molecule has 1 saturated heterocycles. The molecule has 4 atom stereocenters. The first-order valence-corrected chi connectivity index (χ1v) is 5.57. The van der Waals surface area contributed by atoms with Gasteiger partial charge in [0.15, 0.2) is 0 Å². The normalized spacial score (nSPS) is 31.5. The molecular formula is C12H15NO5. The number of ether oxygens (including phenoxy) is 1. The first-order chi connectivity index (χ1) is 8.54. The molecule has 0 radical (unpaired) electrons. The molecule has 5 N–H and O–H groups in total. The van der Waals surface area contributed by atoms with E-state index in [1.165, 1.54) is 6.07 Å². The summed E-state index contributed by atoms with van der Waals surface area (Å²) in [5.41, 5.74) is 6.00. The minimum atomic E-state index is -1.16. The van der Waals surface area contributed by atoms with Gasteiger partial charge in [0.05, 0.1) is 6.61 Å². The van der Waals surface area contributed by atoms with Crippen LogP contribution in [0.3, 0.4) is 0 Å². The van der Waals surface area contributed by atoms with E-state index in [4.69, 9.17) is 15.6 Å². The third-order valence-electron chi connectivity index (χ3n) is 3.04. The number of carbonyl (C=O) groups is 1. The molecule has 0 bridgehead atoms. The lowest BCUT2D eigenvalue weighted by atomic mass is 10.00. The van der Waals surface area contributed by atoms with E-state index < -0.39 is 30.3 Å². The number of amides is 1. The van der Waals surface area contributed by atoms with Crippen molar-refractivity contribution in [2.24, 2.45) is 5.73 Å². The maximum absolute atomic E-state index is 11.1. The van der Waals surface area contributed by atoms with Gasteiger partial charge in [0, 0.05) is 5.56 Å². The maximum atomic E-state index is 11.1. The zero-order chi connectivity index (χ0) is 13.3. The van der Waals surface area contributed by atoms with Crippen LogP contribution in [0.5, 0.6) is 0 Å². The Hall–Kier alpha value is -1.47. The van der Waals surface area contributed by atoms with Crippen LogP contribution in [0.25, 0.3) is 0 Å². The Labute approximate surface area is 104 Å². The standard InChI is InChI=1S/C12H15NO5/c13-12(17)7-3-1-2-6(4-7)11-10(16)9(15)8(5-14)18-11/h1-4,8-11,14-16H,5H2,(H2,13,17)/t8-,9-,10-,11?/m1/s1. The minimum absolute atomic E-state index is 0.297. The monoisotopic (exact) mass is 253 g/mol. The number of aliphatic hydroxyl groups is 3. The molecule has 0 aliphatic carbocycles. The average Bonchev–Trinajstić information content (AvgIpc) is 2.66. The van der Waals surface area contributed by atoms with Crippen LogP contribution >= 0.6 is 0 Å². The Kier molecular flexibility index (Phi) is 3.63. The lowest BCUT2D eigenvalue weighted by Crippen LogP contribution is -2.32. The predicted molar refractivity (Wildman–Crippen MR) is 61.7 cm³/mol. The number of benzene rings is 1. The largest absolute Gasteiger partial charge is 0.394 e. The first-order valence-electron chi connectivity index (χ1n) is 5.57. The highest BCUT2D eigenvalue weighted by Crippen LogP contribution is 2.33. The van der Waals surface area contributed by atoms with Crippen molar-refractivity contribution < 1.29 is 24.9 Å². The zero-order valence-electron chi connectivity index (χ0n) is 9.56. The van der Waals surface area contributed by atoms with Crippen LogP contribution in [-0.2, 0) is 4.74 Å². The van der Waals surface area contributed by atoms with Crippen LogP contribution < -0.4 is 5.73 Å². The summed E-state index contributed by atoms with van der Waals surface area (Å²) in [5.74, 6) is -0.580. The summed E-state index contributed by atoms with van der Waals surface area (Å²) in [6.45, 7) is -0.385. The van der Waals surface area contributed by atoms with Crippen molar-refractivity contribution in [1.82, 2.24) is 0 Å². The number of primary amides is 1. The van der Waals surface area contributed by atoms with E-state index in [0.717, 1.165) is 0 Å². The Morgan fingerprint density at radius 1 is 1.33 bits per heavy atom. The van der Waals surface area contributed by atoms with Gasteiger partial charge in [-0.3, -0.25) is 4.79 Å². The van der Waals surface area contributed by atoms with E-state index in [0.29, 0.717) is 11.1 Å². The van der Waals surface area contributed by atoms with Gasteiger partial charge in [0.1, 0.15) is 24.4 Å². The van der Waals surface area contributed by atoms with Crippen LogP contribution in [0, 0.1) is 0 Å². The molecule has 1 heterocycles. The maximum Gasteiger partial charge on any atom is 0.248 e. The molecule has 1 aliphatic heterocycles. The van der Waals surface area contributed by atoms with Gasteiger partial charge in [-0.2, -0.15) is 0 Å². The topological polar surface area (TPSA) is 113 Å². The highest BCUT2D eigenvalue weighted by Gasteiger charge is 2.42. The Balaban J connectivity index is 2.27. The first kappa shape index (κ1) is 13.0. The summed E-state index contributed by atoms with van der Waals surface area (Å²) in [6, 6.07) is 6.33. The molecular weight excluding hydrogens is 238 g/mol. The summed E-state index contributed by atoms with van der Waals surface area (Å²) in [7, 11) is 0. The molecule has 98 valence electrons. The quantitative estimate of drug-likeness (QED) is 0.548. The van der Waals surface area contributed by atoms with Crippen molar-refractivity contribution in [2.75, 3.05) is 6.61 Å². The molecule has 0 aromatic heterocycles. The second-order valence-electron chi connectivity index (χ2n) is 4.25. The second kappa shape index (κ2) is 5.03. The molecule has 1 aliphatic rings. The van der Waals surface area contributed by atoms with E-state index in [-0.39, 0.29) is 6.61 Å². The van der Waals surface area contributed by atoms with E-state index in [9.17, 15) is 15.0 Å². The summed E-state index contributed by atoms with van der Waals surface area (Å²) in [6.07, 6.45) is -3.92. The van der Waals surface area contributed by atoms with Gasteiger partial charge in [-0.15, -0.1) is 0 Å². The van der Waals surface area contributed by atoms with Gasteiger partial charge in [0.25, 0.3) is 0 Å². The highest BCUT2D eigenvalue weighted by atomic mass is 16.6. The molecule has 2 rings (SSSR count). The Morgan fingerprint density at radius 2 is 2.06 bits per heavy atom. The van der Waals surface area contributed by atoms with Crippen LogP contribution in [-0.4, -0.2) is 46.1 Å². The summed E-state index contributed by atoms with van der Waals surface area (Å²) in [5, 5.41) is 28.5. The minimum Gasteiger partial charge on any atom is -0.394 e. The zero-order valence-corrected chi connectivity index (χ0v) is 9.56. The second-order valence-corrected chi connectivity index (χ2v) is 4.25. The Morgan fingerprint density at radius 3 is 2.61 bits per heavy atom. The average molecular weight is 253 g/mol. The molecule has 0 spiro atoms. The molecule has 18 heavy (non-hydrogen) atoms. The van der Waals surface area contributed by atoms with Crippen molar-refractivity contribution in [3.8, 4) is 0 Å². The van der Waals surface area contributed by atoms with Crippen molar-refractivity contribution in [3.63, 3.8) is 0 Å². The van der Waals surface area contributed by atoms with E-state index in [1.807, 2.05) is 0 Å². The van der Waals surface area contributed by atoms with Gasteiger partial charge in [-0.25, -0.2) is 0 Å². The smallest absolute Gasteiger partial charge is 0.248 e. The van der Waals surface area contributed by atoms with Crippen molar-refractivity contribution in [2.45, 2.75) is 24.4 Å². The summed E-state index contributed by atoms with van der Waals surface area (Å²) >= 11 is 0. The van der Waals surface area contributed by atoms with Gasteiger partial charge < -0.3 is 25.8 Å². The lowest BCUT2D eigenvalue weighted by Gasteiger charge is -2.15. The number of nitrogens with two attached hydrogens (primary N) is 1. The molecule has 0 saturated carbocycles. The number of aliphatic hydroxyl groups excluding tert-OH is 3. The number of rotatable bonds is 3. The number of hydrogen-bond donors (Lipinski definition) is 4. The molecule has 1 aromatic rings. The third-order valence-corrected chi connectivity index (χ3v) is 3.04. The fourth-order valence-corrected chi connectivity index (χ4v) is 2.04. The summed E-state index contributed by atoms with van der Waals surface area (Å²) < 4.78 is 5.35. The van der Waals surface area contributed by atoms with E-state index >= 15 is 0 Å². The molecule has 1 fully saturated rings. The van der Waals surface area contributed by atoms with Crippen LogP contribution in [0.2, 0.25) is 0 Å². The summed E-state index contributed by atoms with van der Waals surface area (Å²) in [4.78, 5) is 11.1. The van der Waals surface area contributed by atoms with E-state index in [1.54, 1.807) is 18.2 Å². The Bertz CT molecular complexity index is 450. The molecule has 6 heteroatoms. The molecule has 1 amide bonds. The fraction of sp³-hybridized carbons (Fsp3) is 0.417. The van der Waals surface area contributed by atoms with Gasteiger partial charge in [0.2, 0.25) is 5.91 Å². The SMILES string of the molecule is NC(=O)c1cccc(C2O[C@H](CO)[C@@H](O)[C@H]2O)c1. The molecule has 1 aromatic carbocycles.